The number of rotatable bonds is 1. The zero-order valence-electron chi connectivity index (χ0n) is 12.8. The number of fused-ring (bicyclic) bond motifs is 1. The van der Waals surface area contributed by atoms with E-state index in [1.54, 1.807) is 6.07 Å². The molecular weight excluding hydrogens is 274 g/mol. The number of nitrogens with zero attached hydrogens (tertiary/aromatic N) is 3. The van der Waals surface area contributed by atoms with Gasteiger partial charge in [0.2, 0.25) is 0 Å². The van der Waals surface area contributed by atoms with E-state index >= 15 is 0 Å². The van der Waals surface area contributed by atoms with Gasteiger partial charge in [0.05, 0.1) is 17.0 Å². The van der Waals surface area contributed by atoms with Gasteiger partial charge in [0.15, 0.2) is 11.5 Å². The lowest BCUT2D eigenvalue weighted by Crippen LogP contribution is -2.13. The molecule has 0 atom stereocenters. The number of aromatic amines is 1. The summed E-state index contributed by atoms with van der Waals surface area (Å²) in [5, 5.41) is 16.9. The lowest BCUT2D eigenvalue weighted by molar-refractivity contribution is 0.571. The Hall–Kier alpha value is -2.87. The van der Waals surface area contributed by atoms with Gasteiger partial charge in [0, 0.05) is 11.1 Å². The summed E-state index contributed by atoms with van der Waals surface area (Å²) in [6.45, 7) is 6.32. The first-order valence-electron chi connectivity index (χ1n) is 7.06. The van der Waals surface area contributed by atoms with E-state index in [1.807, 2.05) is 24.3 Å². The molecule has 3 rings (SSSR count). The maximum atomic E-state index is 9.12. The molecule has 0 amide bonds. The number of benzene rings is 1. The lowest BCUT2D eigenvalue weighted by Gasteiger charge is -2.19. The summed E-state index contributed by atoms with van der Waals surface area (Å²) < 4.78 is 0. The number of nitriles is 1. The minimum atomic E-state index is -0.102. The third kappa shape index (κ3) is 2.29. The minimum Gasteiger partial charge on any atom is -0.382 e. The summed E-state index contributed by atoms with van der Waals surface area (Å²) in [7, 11) is 0. The highest BCUT2D eigenvalue weighted by Gasteiger charge is 2.20. The van der Waals surface area contributed by atoms with E-state index in [4.69, 9.17) is 11.0 Å². The fourth-order valence-electron chi connectivity index (χ4n) is 2.42. The van der Waals surface area contributed by atoms with E-state index in [2.05, 4.69) is 42.0 Å². The van der Waals surface area contributed by atoms with Crippen molar-refractivity contribution in [3.05, 3.63) is 41.6 Å². The monoisotopic (exact) mass is 291 g/mol. The molecule has 0 unspecified atom stereocenters. The molecule has 5 nitrogen and oxygen atoms in total. The first-order valence-corrected chi connectivity index (χ1v) is 7.06. The van der Waals surface area contributed by atoms with Crippen molar-refractivity contribution in [3.63, 3.8) is 0 Å². The van der Waals surface area contributed by atoms with Gasteiger partial charge < -0.3 is 5.73 Å². The second kappa shape index (κ2) is 4.85. The van der Waals surface area contributed by atoms with Gasteiger partial charge in [-0.05, 0) is 29.3 Å². The average molecular weight is 291 g/mol. The van der Waals surface area contributed by atoms with Crippen molar-refractivity contribution in [1.29, 1.82) is 5.26 Å². The molecule has 3 aromatic rings. The zero-order chi connectivity index (χ0) is 15.9. The third-order valence-corrected chi connectivity index (χ3v) is 3.63. The first-order chi connectivity index (χ1) is 10.4. The van der Waals surface area contributed by atoms with Crippen molar-refractivity contribution in [2.75, 3.05) is 5.73 Å². The second-order valence-electron chi connectivity index (χ2n) is 6.33. The molecule has 0 spiro atoms. The van der Waals surface area contributed by atoms with Crippen LogP contribution in [0, 0.1) is 11.3 Å². The van der Waals surface area contributed by atoms with E-state index < -0.39 is 0 Å². The molecule has 2 heterocycles. The summed E-state index contributed by atoms with van der Waals surface area (Å²) in [5.74, 6) is 0.417. The van der Waals surface area contributed by atoms with Gasteiger partial charge in [0.1, 0.15) is 0 Å². The molecular formula is C17H17N5. The highest BCUT2D eigenvalue weighted by molar-refractivity contribution is 6.00. The summed E-state index contributed by atoms with van der Waals surface area (Å²) in [6.07, 6.45) is 0. The SMILES string of the molecule is CC(C)(C)c1cc(-c2cccc(C#N)c2)c2c(N)n[nH]c2n1. The van der Waals surface area contributed by atoms with Gasteiger partial charge in [0.25, 0.3) is 0 Å². The largest absolute Gasteiger partial charge is 0.382 e. The van der Waals surface area contributed by atoms with Crippen molar-refractivity contribution < 1.29 is 0 Å². The Balaban J connectivity index is 2.35. The number of nitrogens with one attached hydrogen (secondary N) is 1. The van der Waals surface area contributed by atoms with Crippen molar-refractivity contribution in [3.8, 4) is 17.2 Å². The van der Waals surface area contributed by atoms with Gasteiger partial charge >= 0.3 is 0 Å². The number of nitrogens with two attached hydrogens (primary N) is 1. The van der Waals surface area contributed by atoms with E-state index in [-0.39, 0.29) is 5.41 Å². The predicted octanol–water partition coefficient (Wildman–Crippen LogP) is 3.38. The Morgan fingerprint density at radius 3 is 2.68 bits per heavy atom. The van der Waals surface area contributed by atoms with Crippen LogP contribution in [0.5, 0.6) is 0 Å². The number of nitrogen functional groups attached to an aromatic ring is 1. The second-order valence-corrected chi connectivity index (χ2v) is 6.33. The average Bonchev–Trinajstić information content (AvgIpc) is 2.87. The van der Waals surface area contributed by atoms with Crippen LogP contribution in [0.15, 0.2) is 30.3 Å². The molecule has 0 fully saturated rings. The Labute approximate surface area is 128 Å². The molecule has 0 saturated carbocycles. The topological polar surface area (TPSA) is 91.4 Å². The van der Waals surface area contributed by atoms with Crippen LogP contribution >= 0.6 is 0 Å². The molecule has 1 aromatic carbocycles. The van der Waals surface area contributed by atoms with Crippen LogP contribution in [0.3, 0.4) is 0 Å². The van der Waals surface area contributed by atoms with Gasteiger partial charge in [-0.15, -0.1) is 0 Å². The van der Waals surface area contributed by atoms with Crippen molar-refractivity contribution in [2.24, 2.45) is 0 Å². The molecule has 0 saturated heterocycles. The fraction of sp³-hybridized carbons (Fsp3) is 0.235. The van der Waals surface area contributed by atoms with Gasteiger partial charge in [-0.25, -0.2) is 4.98 Å². The predicted molar refractivity (Wildman–Crippen MR) is 87.2 cm³/mol. The molecule has 22 heavy (non-hydrogen) atoms. The molecule has 0 aliphatic carbocycles. The zero-order valence-corrected chi connectivity index (χ0v) is 12.8. The highest BCUT2D eigenvalue weighted by atomic mass is 15.2. The maximum absolute atomic E-state index is 9.12. The fourth-order valence-corrected chi connectivity index (χ4v) is 2.42. The first kappa shape index (κ1) is 14.1. The third-order valence-electron chi connectivity index (χ3n) is 3.63. The quantitative estimate of drug-likeness (QED) is 0.719. The number of H-pyrrole nitrogens is 1. The van der Waals surface area contributed by atoms with Gasteiger partial charge in [-0.2, -0.15) is 10.4 Å². The van der Waals surface area contributed by atoms with Gasteiger partial charge in [-0.1, -0.05) is 32.9 Å². The van der Waals surface area contributed by atoms with Crippen LogP contribution in [0.1, 0.15) is 32.0 Å². The van der Waals surface area contributed by atoms with Crippen LogP contribution < -0.4 is 5.73 Å². The van der Waals surface area contributed by atoms with Crippen LogP contribution in [0.2, 0.25) is 0 Å². The lowest BCUT2D eigenvalue weighted by atomic mass is 9.89. The minimum absolute atomic E-state index is 0.102. The molecule has 110 valence electrons. The molecule has 2 aromatic heterocycles. The molecule has 0 radical (unpaired) electrons. The number of hydrogen-bond acceptors (Lipinski definition) is 4. The summed E-state index contributed by atoms with van der Waals surface area (Å²) in [6, 6.07) is 11.7. The molecule has 0 aliphatic heterocycles. The molecule has 5 heteroatoms. The molecule has 3 N–H and O–H groups in total. The standard InChI is InChI=1S/C17H17N5/c1-17(2,3)13-8-12(11-6-4-5-10(7-11)9-18)14-15(19)21-22-16(14)20-13/h4-8H,1-3H3,(H3,19,20,21,22). The highest BCUT2D eigenvalue weighted by Crippen LogP contribution is 2.34. The Morgan fingerprint density at radius 1 is 1.23 bits per heavy atom. The van der Waals surface area contributed by atoms with Crippen LogP contribution in [0.25, 0.3) is 22.2 Å². The number of anilines is 1. The number of aromatic nitrogens is 3. The van der Waals surface area contributed by atoms with Crippen molar-refractivity contribution in [2.45, 2.75) is 26.2 Å². The van der Waals surface area contributed by atoms with Crippen LogP contribution in [0.4, 0.5) is 5.82 Å². The summed E-state index contributed by atoms with van der Waals surface area (Å²) in [4.78, 5) is 4.63. The summed E-state index contributed by atoms with van der Waals surface area (Å²) >= 11 is 0. The van der Waals surface area contributed by atoms with Gasteiger partial charge in [-0.3, -0.25) is 5.10 Å². The van der Waals surface area contributed by atoms with E-state index in [9.17, 15) is 0 Å². The number of pyridine rings is 1. The number of hydrogen-bond donors (Lipinski definition) is 2. The van der Waals surface area contributed by atoms with E-state index in [0.717, 1.165) is 22.2 Å². The normalized spacial score (nSPS) is 11.5. The van der Waals surface area contributed by atoms with Crippen molar-refractivity contribution in [1.82, 2.24) is 15.2 Å². The molecule has 0 bridgehead atoms. The smallest absolute Gasteiger partial charge is 0.158 e. The van der Waals surface area contributed by atoms with Crippen LogP contribution in [-0.2, 0) is 5.41 Å². The van der Waals surface area contributed by atoms with Crippen LogP contribution in [-0.4, -0.2) is 15.2 Å². The molecule has 0 aliphatic rings. The Bertz CT molecular complexity index is 894. The summed E-state index contributed by atoms with van der Waals surface area (Å²) in [5.41, 5.74) is 10.0. The Kier molecular flexibility index (Phi) is 3.10. The van der Waals surface area contributed by atoms with E-state index in [1.165, 1.54) is 0 Å². The Morgan fingerprint density at radius 2 is 2.00 bits per heavy atom. The van der Waals surface area contributed by atoms with E-state index in [0.29, 0.717) is 17.0 Å². The van der Waals surface area contributed by atoms with Crippen molar-refractivity contribution >= 4 is 16.9 Å². The maximum Gasteiger partial charge on any atom is 0.158 e.